The lowest BCUT2D eigenvalue weighted by atomic mass is 9.99. The standard InChI is InChI=1S/C12H18N2O/c1-8(2)9-6-11-12(7-10(9)13)15-5-4-14(11)3/h6-8H,4-5,13H2,1-3H3. The molecule has 0 spiro atoms. The summed E-state index contributed by atoms with van der Waals surface area (Å²) in [6.45, 7) is 5.99. The van der Waals surface area contributed by atoms with Gasteiger partial charge in [-0.25, -0.2) is 0 Å². The van der Waals surface area contributed by atoms with E-state index < -0.39 is 0 Å². The van der Waals surface area contributed by atoms with Gasteiger partial charge in [-0.2, -0.15) is 0 Å². The zero-order chi connectivity index (χ0) is 11.0. The highest BCUT2D eigenvalue weighted by molar-refractivity contribution is 5.68. The molecule has 3 heteroatoms. The molecule has 82 valence electrons. The summed E-state index contributed by atoms with van der Waals surface area (Å²) in [6.07, 6.45) is 0. The van der Waals surface area contributed by atoms with Crippen molar-refractivity contribution in [3.05, 3.63) is 17.7 Å². The van der Waals surface area contributed by atoms with Crippen LogP contribution >= 0.6 is 0 Å². The molecule has 1 aromatic rings. The molecule has 1 aliphatic heterocycles. The van der Waals surface area contributed by atoms with Crippen molar-refractivity contribution in [3.63, 3.8) is 0 Å². The van der Waals surface area contributed by atoms with Crippen molar-refractivity contribution in [2.45, 2.75) is 19.8 Å². The number of hydrogen-bond acceptors (Lipinski definition) is 3. The van der Waals surface area contributed by atoms with Crippen molar-refractivity contribution in [1.29, 1.82) is 0 Å². The highest BCUT2D eigenvalue weighted by Gasteiger charge is 2.18. The van der Waals surface area contributed by atoms with Crippen LogP contribution in [0.4, 0.5) is 11.4 Å². The first kappa shape index (κ1) is 10.1. The van der Waals surface area contributed by atoms with Crippen LogP contribution in [-0.2, 0) is 0 Å². The third-order valence-electron chi connectivity index (χ3n) is 2.88. The van der Waals surface area contributed by atoms with Crippen molar-refractivity contribution < 1.29 is 4.74 Å². The van der Waals surface area contributed by atoms with Crippen LogP contribution < -0.4 is 15.4 Å². The van der Waals surface area contributed by atoms with Crippen molar-refractivity contribution in [3.8, 4) is 5.75 Å². The largest absolute Gasteiger partial charge is 0.489 e. The lowest BCUT2D eigenvalue weighted by molar-refractivity contribution is 0.311. The molecule has 0 saturated heterocycles. The molecule has 0 fully saturated rings. The van der Waals surface area contributed by atoms with Gasteiger partial charge in [0, 0.05) is 18.8 Å². The van der Waals surface area contributed by atoms with Crippen LogP contribution in [0.15, 0.2) is 12.1 Å². The van der Waals surface area contributed by atoms with Gasteiger partial charge in [-0.05, 0) is 17.5 Å². The van der Waals surface area contributed by atoms with E-state index in [0.717, 1.165) is 30.3 Å². The zero-order valence-electron chi connectivity index (χ0n) is 9.58. The van der Waals surface area contributed by atoms with Crippen LogP contribution in [0.1, 0.15) is 25.3 Å². The lowest BCUT2D eigenvalue weighted by Gasteiger charge is -2.29. The first-order valence-electron chi connectivity index (χ1n) is 5.37. The van der Waals surface area contributed by atoms with Gasteiger partial charge < -0.3 is 15.4 Å². The summed E-state index contributed by atoms with van der Waals surface area (Å²) in [7, 11) is 2.08. The maximum atomic E-state index is 5.99. The molecule has 0 atom stereocenters. The molecular formula is C12H18N2O. The summed E-state index contributed by atoms with van der Waals surface area (Å²) >= 11 is 0. The molecule has 0 amide bonds. The molecule has 0 aliphatic carbocycles. The van der Waals surface area contributed by atoms with Gasteiger partial charge in [-0.3, -0.25) is 0 Å². The van der Waals surface area contributed by atoms with Gasteiger partial charge in [0.1, 0.15) is 12.4 Å². The monoisotopic (exact) mass is 206 g/mol. The molecule has 3 nitrogen and oxygen atoms in total. The predicted octanol–water partition coefficient (Wildman–Crippen LogP) is 2.22. The van der Waals surface area contributed by atoms with E-state index in [0.29, 0.717) is 5.92 Å². The van der Waals surface area contributed by atoms with Gasteiger partial charge in [0.05, 0.1) is 12.2 Å². The first-order valence-corrected chi connectivity index (χ1v) is 5.37. The van der Waals surface area contributed by atoms with E-state index in [1.54, 1.807) is 0 Å². The number of anilines is 2. The van der Waals surface area contributed by atoms with E-state index in [4.69, 9.17) is 10.5 Å². The van der Waals surface area contributed by atoms with Crippen molar-refractivity contribution in [1.82, 2.24) is 0 Å². The summed E-state index contributed by atoms with van der Waals surface area (Å²) in [5.74, 6) is 1.36. The Morgan fingerprint density at radius 2 is 2.13 bits per heavy atom. The van der Waals surface area contributed by atoms with Gasteiger partial charge in [0.2, 0.25) is 0 Å². The number of hydrogen-bond donors (Lipinski definition) is 1. The van der Waals surface area contributed by atoms with Crippen LogP contribution in [-0.4, -0.2) is 20.2 Å². The van der Waals surface area contributed by atoms with E-state index in [1.807, 2.05) is 6.07 Å². The molecule has 2 N–H and O–H groups in total. The quantitative estimate of drug-likeness (QED) is 0.716. The van der Waals surface area contributed by atoms with E-state index in [1.165, 1.54) is 5.56 Å². The number of nitrogens with zero attached hydrogens (tertiary/aromatic N) is 1. The SMILES string of the molecule is CC(C)c1cc2c(cc1N)OCCN2C. The fraction of sp³-hybridized carbons (Fsp3) is 0.500. The van der Waals surface area contributed by atoms with Crippen LogP contribution in [0.2, 0.25) is 0 Å². The van der Waals surface area contributed by atoms with Gasteiger partial charge in [-0.15, -0.1) is 0 Å². The molecule has 1 aromatic carbocycles. The Morgan fingerprint density at radius 1 is 1.40 bits per heavy atom. The van der Waals surface area contributed by atoms with Crippen LogP contribution in [0, 0.1) is 0 Å². The van der Waals surface area contributed by atoms with Crippen molar-refractivity contribution in [2.24, 2.45) is 0 Å². The molecule has 0 aromatic heterocycles. The minimum absolute atomic E-state index is 0.450. The van der Waals surface area contributed by atoms with E-state index in [-0.39, 0.29) is 0 Å². The highest BCUT2D eigenvalue weighted by atomic mass is 16.5. The zero-order valence-corrected chi connectivity index (χ0v) is 9.58. The van der Waals surface area contributed by atoms with Crippen molar-refractivity contribution in [2.75, 3.05) is 30.8 Å². The molecule has 0 unspecified atom stereocenters. The Morgan fingerprint density at radius 3 is 2.80 bits per heavy atom. The Kier molecular flexibility index (Phi) is 2.47. The molecule has 0 radical (unpaired) electrons. The maximum absolute atomic E-state index is 5.99. The molecular weight excluding hydrogens is 188 g/mol. The normalized spacial score (nSPS) is 15.1. The second kappa shape index (κ2) is 3.65. The Balaban J connectivity index is 2.50. The van der Waals surface area contributed by atoms with E-state index >= 15 is 0 Å². The number of nitrogen functional groups attached to an aromatic ring is 1. The number of likely N-dealkylation sites (N-methyl/N-ethyl adjacent to an activating group) is 1. The molecule has 2 rings (SSSR count). The molecule has 0 bridgehead atoms. The number of nitrogens with two attached hydrogens (primary N) is 1. The summed E-state index contributed by atoms with van der Waals surface area (Å²) < 4.78 is 5.59. The second-order valence-electron chi connectivity index (χ2n) is 4.37. The number of benzene rings is 1. The fourth-order valence-electron chi connectivity index (χ4n) is 1.93. The third kappa shape index (κ3) is 1.74. The second-order valence-corrected chi connectivity index (χ2v) is 4.37. The Labute approximate surface area is 90.8 Å². The van der Waals surface area contributed by atoms with E-state index in [2.05, 4.69) is 31.9 Å². The summed E-state index contributed by atoms with van der Waals surface area (Å²) in [5.41, 5.74) is 9.18. The molecule has 1 heterocycles. The smallest absolute Gasteiger partial charge is 0.144 e. The minimum Gasteiger partial charge on any atom is -0.489 e. The van der Waals surface area contributed by atoms with Gasteiger partial charge in [0.25, 0.3) is 0 Å². The van der Waals surface area contributed by atoms with Crippen molar-refractivity contribution >= 4 is 11.4 Å². The average Bonchev–Trinajstić information content (AvgIpc) is 2.16. The summed E-state index contributed by atoms with van der Waals surface area (Å²) in [4.78, 5) is 2.21. The molecule has 0 saturated carbocycles. The number of fused-ring (bicyclic) bond motifs is 1. The maximum Gasteiger partial charge on any atom is 0.144 e. The van der Waals surface area contributed by atoms with E-state index in [9.17, 15) is 0 Å². The molecule has 1 aliphatic rings. The summed E-state index contributed by atoms with van der Waals surface area (Å²) in [5, 5.41) is 0. The van der Waals surface area contributed by atoms with Crippen LogP contribution in [0.3, 0.4) is 0 Å². The third-order valence-corrected chi connectivity index (χ3v) is 2.88. The van der Waals surface area contributed by atoms with Gasteiger partial charge in [0.15, 0.2) is 0 Å². The highest BCUT2D eigenvalue weighted by Crippen LogP contribution is 2.37. The Bertz CT molecular complexity index is 374. The first-order chi connectivity index (χ1) is 7.09. The topological polar surface area (TPSA) is 38.5 Å². The molecule has 15 heavy (non-hydrogen) atoms. The fourth-order valence-corrected chi connectivity index (χ4v) is 1.93. The number of rotatable bonds is 1. The lowest BCUT2D eigenvalue weighted by Crippen LogP contribution is -2.29. The summed E-state index contributed by atoms with van der Waals surface area (Å²) in [6, 6.07) is 4.09. The average molecular weight is 206 g/mol. The minimum atomic E-state index is 0.450. The van der Waals surface area contributed by atoms with Crippen LogP contribution in [0.5, 0.6) is 5.75 Å². The predicted molar refractivity (Wildman–Crippen MR) is 63.7 cm³/mol. The Hall–Kier alpha value is -1.38. The number of ether oxygens (including phenoxy) is 1. The van der Waals surface area contributed by atoms with Gasteiger partial charge >= 0.3 is 0 Å². The van der Waals surface area contributed by atoms with Gasteiger partial charge in [-0.1, -0.05) is 13.8 Å². The van der Waals surface area contributed by atoms with Crippen LogP contribution in [0.25, 0.3) is 0 Å².